The molecule has 7 nitrogen and oxygen atoms in total. The molecule has 0 saturated carbocycles. The first-order valence-corrected chi connectivity index (χ1v) is 11.5. The number of aliphatic hydroxyl groups is 1. The largest absolute Gasteiger partial charge is 0.493 e. The van der Waals surface area contributed by atoms with E-state index in [-0.39, 0.29) is 5.92 Å². The van der Waals surface area contributed by atoms with Crippen molar-refractivity contribution in [2.75, 3.05) is 48.6 Å². The Morgan fingerprint density at radius 1 is 0.882 bits per heavy atom. The van der Waals surface area contributed by atoms with Gasteiger partial charge in [0.15, 0.2) is 23.0 Å². The maximum Gasteiger partial charge on any atom is 0.161 e. The predicted octanol–water partition coefficient (Wildman–Crippen LogP) is 4.06. The summed E-state index contributed by atoms with van der Waals surface area (Å²) in [6, 6.07) is 13.8. The third-order valence-electron chi connectivity index (χ3n) is 6.50. The summed E-state index contributed by atoms with van der Waals surface area (Å²) in [5, 5.41) is 21.5. The minimum atomic E-state index is -1.07. The summed E-state index contributed by atoms with van der Waals surface area (Å²) < 4.78 is 21.5. The van der Waals surface area contributed by atoms with Gasteiger partial charge < -0.3 is 29.0 Å². The summed E-state index contributed by atoms with van der Waals surface area (Å²) in [5.74, 6) is 2.44. The Morgan fingerprint density at radius 3 is 1.97 bits per heavy atom. The average Bonchev–Trinajstić information content (AvgIpc) is 2.86. The molecule has 186 valence electrons. The van der Waals surface area contributed by atoms with E-state index in [4.69, 9.17) is 18.9 Å². The molecular formula is C27H38N2O5. The Kier molecular flexibility index (Phi) is 10.0. The van der Waals surface area contributed by atoms with Crippen molar-refractivity contribution < 1.29 is 24.1 Å². The van der Waals surface area contributed by atoms with E-state index in [0.29, 0.717) is 36.0 Å². The van der Waals surface area contributed by atoms with Crippen molar-refractivity contribution >= 4 is 0 Å². The van der Waals surface area contributed by atoms with Crippen LogP contribution in [-0.4, -0.2) is 64.7 Å². The second-order valence-corrected chi connectivity index (χ2v) is 8.75. The summed E-state index contributed by atoms with van der Waals surface area (Å²) in [6.45, 7) is 5.38. The van der Waals surface area contributed by atoms with Crippen molar-refractivity contribution in [3.63, 3.8) is 0 Å². The van der Waals surface area contributed by atoms with E-state index in [1.165, 1.54) is 0 Å². The number of nitriles is 1. The van der Waals surface area contributed by atoms with E-state index < -0.39 is 11.5 Å². The number of ether oxygens (including phenoxy) is 4. The number of aliphatic hydroxyl groups excluding tert-OH is 1. The lowest BCUT2D eigenvalue weighted by atomic mass is 9.68. The summed E-state index contributed by atoms with van der Waals surface area (Å²) in [5.41, 5.74) is 0.802. The molecule has 2 unspecified atom stereocenters. The zero-order chi connectivity index (χ0) is 25.3. The number of benzene rings is 2. The van der Waals surface area contributed by atoms with Crippen LogP contribution in [0.3, 0.4) is 0 Å². The molecule has 0 aliphatic carbocycles. The van der Waals surface area contributed by atoms with Crippen LogP contribution in [0.4, 0.5) is 0 Å². The quantitative estimate of drug-likeness (QED) is 0.472. The van der Waals surface area contributed by atoms with Gasteiger partial charge in [-0.3, -0.25) is 0 Å². The molecule has 0 amide bonds. The van der Waals surface area contributed by atoms with Crippen LogP contribution < -0.4 is 18.9 Å². The Hall–Kier alpha value is -2.95. The average molecular weight is 471 g/mol. The Morgan fingerprint density at radius 2 is 1.44 bits per heavy atom. The van der Waals surface area contributed by atoms with Crippen LogP contribution in [0.2, 0.25) is 0 Å². The standard InChI is InChI=1S/C27H38N2O5/c1-19(2)27(18-28,21-9-11-23(32-5)25(17-21)34-7)26(30)13-15-29(3)14-12-20-8-10-22(31-4)24(16-20)33-6/h8-11,16-17,19,26,30H,12-15H2,1-7H3. The summed E-state index contributed by atoms with van der Waals surface area (Å²) in [4.78, 5) is 2.16. The van der Waals surface area contributed by atoms with Gasteiger partial charge in [0.1, 0.15) is 5.41 Å². The van der Waals surface area contributed by atoms with Crippen molar-refractivity contribution in [2.24, 2.45) is 5.92 Å². The van der Waals surface area contributed by atoms with Crippen LogP contribution in [0, 0.1) is 17.2 Å². The number of rotatable bonds is 13. The Bertz CT molecular complexity index is 972. The predicted molar refractivity (Wildman–Crippen MR) is 133 cm³/mol. The SMILES string of the molecule is COc1ccc(CCN(C)CCC(O)C(C#N)(c2ccc(OC)c(OC)c2)C(C)C)cc1OC. The van der Waals surface area contributed by atoms with E-state index in [2.05, 4.69) is 11.0 Å². The van der Waals surface area contributed by atoms with Crippen LogP contribution in [0.5, 0.6) is 23.0 Å². The highest BCUT2D eigenvalue weighted by Gasteiger charge is 2.43. The van der Waals surface area contributed by atoms with Gasteiger partial charge in [0.2, 0.25) is 0 Å². The van der Waals surface area contributed by atoms with E-state index in [1.54, 1.807) is 40.6 Å². The van der Waals surface area contributed by atoms with Crippen LogP contribution in [0.1, 0.15) is 31.4 Å². The second kappa shape index (κ2) is 12.5. The molecular weight excluding hydrogens is 432 g/mol. The first-order valence-electron chi connectivity index (χ1n) is 11.5. The summed E-state index contributed by atoms with van der Waals surface area (Å²) in [6.07, 6.45) is 0.442. The van der Waals surface area contributed by atoms with Crippen molar-refractivity contribution in [1.82, 2.24) is 4.90 Å². The smallest absolute Gasteiger partial charge is 0.161 e. The van der Waals surface area contributed by atoms with Crippen LogP contribution in [-0.2, 0) is 11.8 Å². The van der Waals surface area contributed by atoms with Gasteiger partial charge in [-0.2, -0.15) is 5.26 Å². The van der Waals surface area contributed by atoms with Gasteiger partial charge in [0, 0.05) is 13.1 Å². The Balaban J connectivity index is 2.10. The van der Waals surface area contributed by atoms with Crippen molar-refractivity contribution in [3.05, 3.63) is 47.5 Å². The third-order valence-corrected chi connectivity index (χ3v) is 6.50. The summed E-state index contributed by atoms with van der Waals surface area (Å²) >= 11 is 0. The Labute approximate surface area is 203 Å². The zero-order valence-corrected chi connectivity index (χ0v) is 21.4. The lowest BCUT2D eigenvalue weighted by molar-refractivity contribution is 0.0670. The molecule has 0 heterocycles. The monoisotopic (exact) mass is 470 g/mol. The molecule has 2 atom stereocenters. The molecule has 7 heteroatoms. The number of likely N-dealkylation sites (N-methyl/N-ethyl adjacent to an activating group) is 1. The number of hydrogen-bond acceptors (Lipinski definition) is 7. The first-order chi connectivity index (χ1) is 16.3. The molecule has 2 aromatic rings. The highest BCUT2D eigenvalue weighted by atomic mass is 16.5. The second-order valence-electron chi connectivity index (χ2n) is 8.75. The van der Waals surface area contributed by atoms with Gasteiger partial charge in [-0.25, -0.2) is 0 Å². The van der Waals surface area contributed by atoms with Crippen LogP contribution in [0.25, 0.3) is 0 Å². The lowest BCUT2D eigenvalue weighted by Gasteiger charge is -2.37. The lowest BCUT2D eigenvalue weighted by Crippen LogP contribution is -2.44. The van der Waals surface area contributed by atoms with Crippen LogP contribution in [0.15, 0.2) is 36.4 Å². The molecule has 0 aliphatic rings. The van der Waals surface area contributed by atoms with Gasteiger partial charge >= 0.3 is 0 Å². The molecule has 0 saturated heterocycles. The van der Waals surface area contributed by atoms with E-state index in [1.807, 2.05) is 45.2 Å². The number of nitrogens with zero attached hydrogens (tertiary/aromatic N) is 2. The minimum absolute atomic E-state index is 0.109. The fraction of sp³-hybridized carbons (Fsp3) is 0.519. The third kappa shape index (κ3) is 5.94. The van der Waals surface area contributed by atoms with E-state index in [9.17, 15) is 10.4 Å². The molecule has 1 N–H and O–H groups in total. The molecule has 2 rings (SSSR count). The van der Waals surface area contributed by atoms with E-state index >= 15 is 0 Å². The number of methoxy groups -OCH3 is 4. The topological polar surface area (TPSA) is 84.2 Å². The highest BCUT2D eigenvalue weighted by molar-refractivity contribution is 5.48. The van der Waals surface area contributed by atoms with Gasteiger partial charge in [0.05, 0.1) is 40.6 Å². The highest BCUT2D eigenvalue weighted by Crippen LogP contribution is 2.40. The first kappa shape index (κ1) is 27.3. The zero-order valence-electron chi connectivity index (χ0n) is 21.4. The van der Waals surface area contributed by atoms with Gasteiger partial charge in [-0.1, -0.05) is 26.0 Å². The summed E-state index contributed by atoms with van der Waals surface area (Å²) in [7, 11) is 8.41. The molecule has 2 aromatic carbocycles. The molecule has 0 aliphatic heterocycles. The molecule has 0 aromatic heterocycles. The van der Waals surface area contributed by atoms with Crippen LogP contribution >= 0.6 is 0 Å². The van der Waals surface area contributed by atoms with Gasteiger partial charge in [-0.05, 0) is 61.2 Å². The molecule has 0 spiro atoms. The molecule has 0 bridgehead atoms. The van der Waals surface area contributed by atoms with Gasteiger partial charge in [-0.15, -0.1) is 0 Å². The van der Waals surface area contributed by atoms with E-state index in [0.717, 1.165) is 24.1 Å². The van der Waals surface area contributed by atoms with Gasteiger partial charge in [0.25, 0.3) is 0 Å². The fourth-order valence-electron chi connectivity index (χ4n) is 4.31. The number of hydrogen-bond donors (Lipinski definition) is 1. The maximum absolute atomic E-state index is 11.3. The fourth-order valence-corrected chi connectivity index (χ4v) is 4.31. The van der Waals surface area contributed by atoms with Crippen molar-refractivity contribution in [1.29, 1.82) is 5.26 Å². The maximum atomic E-state index is 11.3. The molecule has 34 heavy (non-hydrogen) atoms. The molecule has 0 fully saturated rings. The minimum Gasteiger partial charge on any atom is -0.493 e. The van der Waals surface area contributed by atoms with Crippen molar-refractivity contribution in [3.8, 4) is 29.1 Å². The molecule has 0 radical (unpaired) electrons. The normalized spacial score (nSPS) is 13.8. The van der Waals surface area contributed by atoms with Crippen molar-refractivity contribution in [2.45, 2.75) is 38.2 Å².